The highest BCUT2D eigenvalue weighted by molar-refractivity contribution is 5.97. The summed E-state index contributed by atoms with van der Waals surface area (Å²) in [5.41, 5.74) is 0.935. The summed E-state index contributed by atoms with van der Waals surface area (Å²) in [5.74, 6) is -0.355. The van der Waals surface area contributed by atoms with Crippen LogP contribution in [-0.4, -0.2) is 15.9 Å². The molecule has 0 radical (unpaired) electrons. The molecule has 0 aromatic carbocycles. The first-order chi connectivity index (χ1) is 15.7. The first-order valence-electron chi connectivity index (χ1n) is 12.9. The van der Waals surface area contributed by atoms with Crippen LogP contribution in [0.15, 0.2) is 48.8 Å². The van der Waals surface area contributed by atoms with Gasteiger partial charge in [-0.15, -0.1) is 0 Å². The van der Waals surface area contributed by atoms with Crippen molar-refractivity contribution in [2.45, 2.75) is 109 Å². The van der Waals surface area contributed by atoms with E-state index in [0.717, 1.165) is 13.0 Å². The maximum Gasteiger partial charge on any atom is 0.220 e. The maximum atomic E-state index is 12.6. The average Bonchev–Trinajstić information content (AvgIpc) is 2.84. The van der Waals surface area contributed by atoms with Crippen molar-refractivity contribution in [3.8, 4) is 0 Å². The van der Waals surface area contributed by atoms with E-state index in [0.29, 0.717) is 11.4 Å². The summed E-state index contributed by atoms with van der Waals surface area (Å²) in [7, 11) is 0. The van der Waals surface area contributed by atoms with Crippen LogP contribution in [0.1, 0.15) is 119 Å². The summed E-state index contributed by atoms with van der Waals surface area (Å²) in [6.45, 7) is 3.09. The number of unbranched alkanes of at least 4 members (excludes halogenated alkanes) is 13. The lowest BCUT2D eigenvalue weighted by Gasteiger charge is -2.09. The van der Waals surface area contributed by atoms with Gasteiger partial charge in [-0.05, 0) is 24.6 Å². The van der Waals surface area contributed by atoms with Gasteiger partial charge in [-0.25, -0.2) is 0 Å². The topological polar surface area (TPSA) is 54.1 Å². The molecule has 0 bridgehead atoms. The number of rotatable bonds is 18. The van der Waals surface area contributed by atoms with Crippen molar-refractivity contribution in [3.63, 3.8) is 0 Å². The van der Waals surface area contributed by atoms with E-state index in [1.807, 2.05) is 29.0 Å². The maximum absolute atomic E-state index is 12.6. The molecule has 0 aliphatic rings. The fraction of sp³-hybridized carbons (Fsp3) is 0.607. The molecule has 1 unspecified atom stereocenters. The van der Waals surface area contributed by atoms with Crippen LogP contribution in [0.3, 0.4) is 0 Å². The molecule has 2 aromatic heterocycles. The van der Waals surface area contributed by atoms with Gasteiger partial charge in [0.25, 0.3) is 0 Å². The predicted octanol–water partition coefficient (Wildman–Crippen LogP) is 6.77. The van der Waals surface area contributed by atoms with Crippen molar-refractivity contribution in [1.82, 2.24) is 4.98 Å². The number of aliphatic hydroxyl groups is 1. The largest absolute Gasteiger partial charge is 0.375 e. The van der Waals surface area contributed by atoms with E-state index in [9.17, 15) is 9.90 Å². The molecule has 1 atom stereocenters. The second-order valence-electron chi connectivity index (χ2n) is 8.90. The third kappa shape index (κ3) is 10.0. The van der Waals surface area contributed by atoms with E-state index in [4.69, 9.17) is 0 Å². The Hall–Kier alpha value is -2.07. The lowest BCUT2D eigenvalue weighted by atomic mass is 10.0. The number of pyridine rings is 2. The van der Waals surface area contributed by atoms with Gasteiger partial charge in [-0.3, -0.25) is 9.78 Å². The molecule has 0 saturated heterocycles. The summed E-state index contributed by atoms with van der Waals surface area (Å²) in [4.78, 5) is 16.7. The molecule has 0 aliphatic heterocycles. The lowest BCUT2D eigenvalue weighted by Crippen LogP contribution is -2.40. The molecule has 2 aromatic rings. The van der Waals surface area contributed by atoms with Crippen molar-refractivity contribution < 1.29 is 14.5 Å². The summed E-state index contributed by atoms with van der Waals surface area (Å²) in [6.07, 6.45) is 21.1. The van der Waals surface area contributed by atoms with Crippen LogP contribution in [-0.2, 0) is 6.54 Å². The number of ketones is 1. The van der Waals surface area contributed by atoms with Crippen molar-refractivity contribution >= 4 is 5.78 Å². The second-order valence-corrected chi connectivity index (χ2v) is 8.90. The van der Waals surface area contributed by atoms with E-state index in [1.165, 1.54) is 83.5 Å². The Morgan fingerprint density at radius 2 is 1.38 bits per heavy atom. The van der Waals surface area contributed by atoms with Crippen LogP contribution in [0, 0.1) is 0 Å². The third-order valence-corrected chi connectivity index (χ3v) is 6.17. The van der Waals surface area contributed by atoms with Gasteiger partial charge < -0.3 is 5.11 Å². The molecule has 0 fully saturated rings. The van der Waals surface area contributed by atoms with Crippen molar-refractivity contribution in [3.05, 3.63) is 60.2 Å². The fourth-order valence-corrected chi connectivity index (χ4v) is 4.20. The zero-order valence-electron chi connectivity index (χ0n) is 20.1. The van der Waals surface area contributed by atoms with Gasteiger partial charge >= 0.3 is 0 Å². The molecule has 4 nitrogen and oxygen atoms in total. The highest BCUT2D eigenvalue weighted by Crippen LogP contribution is 2.15. The third-order valence-electron chi connectivity index (χ3n) is 6.17. The van der Waals surface area contributed by atoms with Crippen LogP contribution in [0.25, 0.3) is 0 Å². The van der Waals surface area contributed by atoms with Gasteiger partial charge in [-0.1, -0.05) is 90.0 Å². The van der Waals surface area contributed by atoms with E-state index in [1.54, 1.807) is 24.4 Å². The molecule has 176 valence electrons. The summed E-state index contributed by atoms with van der Waals surface area (Å²) < 4.78 is 2.01. The van der Waals surface area contributed by atoms with Crippen molar-refractivity contribution in [2.24, 2.45) is 0 Å². The number of aryl methyl sites for hydroxylation is 1. The molecule has 1 N–H and O–H groups in total. The molecule has 4 heteroatoms. The van der Waals surface area contributed by atoms with E-state index in [-0.39, 0.29) is 5.78 Å². The monoisotopic (exact) mass is 439 g/mol. The van der Waals surface area contributed by atoms with Crippen LogP contribution >= 0.6 is 0 Å². The number of nitrogens with zero attached hydrogens (tertiary/aromatic N) is 2. The van der Waals surface area contributed by atoms with Gasteiger partial charge in [0.05, 0.1) is 0 Å². The van der Waals surface area contributed by atoms with Gasteiger partial charge in [-0.2, -0.15) is 4.57 Å². The Kier molecular flexibility index (Phi) is 13.5. The number of carbonyl (C=O) groups excluding carboxylic acids is 1. The molecule has 0 saturated carbocycles. The molecule has 32 heavy (non-hydrogen) atoms. The fourth-order valence-electron chi connectivity index (χ4n) is 4.20. The Morgan fingerprint density at radius 3 is 1.94 bits per heavy atom. The predicted molar refractivity (Wildman–Crippen MR) is 130 cm³/mol. The molecule has 0 spiro atoms. The Labute approximate surface area is 195 Å². The summed E-state index contributed by atoms with van der Waals surface area (Å²) in [6, 6.07) is 10.8. The molecular weight excluding hydrogens is 396 g/mol. The van der Waals surface area contributed by atoms with Crippen LogP contribution in [0.5, 0.6) is 0 Å². The highest BCUT2D eigenvalue weighted by atomic mass is 16.3. The highest BCUT2D eigenvalue weighted by Gasteiger charge is 2.27. The van der Waals surface area contributed by atoms with Crippen LogP contribution in [0.2, 0.25) is 0 Å². The lowest BCUT2D eigenvalue weighted by molar-refractivity contribution is -0.707. The SMILES string of the molecule is CCCCCCCCCCCCCCCC[n+]1ccccc1C(O)C(=O)c1ccccn1. The zero-order valence-corrected chi connectivity index (χ0v) is 20.1. The Morgan fingerprint density at radius 1 is 0.812 bits per heavy atom. The van der Waals surface area contributed by atoms with Crippen LogP contribution in [0.4, 0.5) is 0 Å². The summed E-state index contributed by atoms with van der Waals surface area (Å²) in [5, 5.41) is 10.6. The summed E-state index contributed by atoms with van der Waals surface area (Å²) >= 11 is 0. The van der Waals surface area contributed by atoms with Gasteiger partial charge in [0.1, 0.15) is 12.2 Å². The van der Waals surface area contributed by atoms with E-state index in [2.05, 4.69) is 11.9 Å². The normalized spacial score (nSPS) is 12.1. The van der Waals surface area contributed by atoms with Crippen molar-refractivity contribution in [2.75, 3.05) is 0 Å². The molecule has 2 heterocycles. The number of aliphatic hydroxyl groups excluding tert-OH is 1. The number of Topliss-reactive ketones (excluding diaryl/α,β-unsaturated/α-hetero) is 1. The standard InChI is InChI=1S/C28H43N2O2/c1-2-3-4-5-6-7-8-9-10-11-12-13-14-18-23-30-24-19-16-21-26(30)28(32)27(31)25-20-15-17-22-29-25/h15-17,19-22,24,28,32H,2-14,18,23H2,1H3/q+1. The Bertz CT molecular complexity index is 748. The minimum Gasteiger partial charge on any atom is -0.375 e. The molecule has 0 aliphatic carbocycles. The average molecular weight is 440 g/mol. The molecule has 0 amide bonds. The van der Waals surface area contributed by atoms with Crippen molar-refractivity contribution in [1.29, 1.82) is 0 Å². The number of hydrogen-bond donors (Lipinski definition) is 1. The first kappa shape index (κ1) is 26.2. The van der Waals surface area contributed by atoms with Gasteiger partial charge in [0.15, 0.2) is 6.20 Å². The quantitative estimate of drug-likeness (QED) is 0.158. The molecule has 2 rings (SSSR count). The van der Waals surface area contributed by atoms with Gasteiger partial charge in [0, 0.05) is 24.8 Å². The number of carbonyl (C=O) groups is 1. The van der Waals surface area contributed by atoms with Crippen LogP contribution < -0.4 is 4.57 Å². The zero-order chi connectivity index (χ0) is 22.9. The Balaban J connectivity index is 1.59. The first-order valence-corrected chi connectivity index (χ1v) is 12.9. The minimum atomic E-state index is -1.18. The van der Waals surface area contributed by atoms with Gasteiger partial charge in [0.2, 0.25) is 17.6 Å². The van der Waals surface area contributed by atoms with E-state index < -0.39 is 6.10 Å². The molecular formula is C28H43N2O2+. The number of aromatic nitrogens is 2. The van der Waals surface area contributed by atoms with E-state index >= 15 is 0 Å². The second kappa shape index (κ2) is 16.5. The number of hydrogen-bond acceptors (Lipinski definition) is 3. The smallest absolute Gasteiger partial charge is 0.220 e. The minimum absolute atomic E-state index is 0.298.